The van der Waals surface area contributed by atoms with Gasteiger partial charge in [0.2, 0.25) is 0 Å². The fraction of sp³-hybridized carbons (Fsp3) is 0.125. The highest BCUT2D eigenvalue weighted by atomic mass is 16.1. The smallest absolute Gasteiger partial charge is 0.254 e. The monoisotopic (exact) mass is 248 g/mol. The van der Waals surface area contributed by atoms with Gasteiger partial charge in [-0.3, -0.25) is 4.79 Å². The van der Waals surface area contributed by atoms with Crippen LogP contribution in [-0.4, -0.2) is 9.55 Å². The molecule has 0 unspecified atom stereocenters. The molecule has 0 atom stereocenters. The van der Waals surface area contributed by atoms with Gasteiger partial charge in [-0.05, 0) is 25.1 Å². The standard InChI is InChI=1S/C16H12N2O/c1-10-6-7-14-15-12(9-18(14)16(10)19)8-11-4-2-3-5-13(11)17-15/h2-8H,9H2,1H3. The Bertz CT molecular complexity index is 878. The third-order valence-electron chi connectivity index (χ3n) is 3.74. The van der Waals surface area contributed by atoms with Gasteiger partial charge in [0, 0.05) is 16.5 Å². The quantitative estimate of drug-likeness (QED) is 0.479. The van der Waals surface area contributed by atoms with Crippen molar-refractivity contribution in [1.82, 2.24) is 9.55 Å². The summed E-state index contributed by atoms with van der Waals surface area (Å²) in [6, 6.07) is 14.1. The molecular weight excluding hydrogens is 236 g/mol. The third-order valence-corrected chi connectivity index (χ3v) is 3.74. The summed E-state index contributed by atoms with van der Waals surface area (Å²) in [5, 5.41) is 1.12. The van der Waals surface area contributed by atoms with E-state index in [-0.39, 0.29) is 5.56 Å². The number of rotatable bonds is 0. The predicted octanol–water partition coefficient (Wildman–Crippen LogP) is 2.73. The van der Waals surface area contributed by atoms with Gasteiger partial charge in [-0.15, -0.1) is 0 Å². The van der Waals surface area contributed by atoms with E-state index in [0.29, 0.717) is 6.54 Å². The zero-order valence-corrected chi connectivity index (χ0v) is 10.6. The lowest BCUT2D eigenvalue weighted by molar-refractivity contribution is 0.796. The second-order valence-electron chi connectivity index (χ2n) is 4.98. The number of aromatic nitrogens is 2. The van der Waals surface area contributed by atoms with Crippen molar-refractivity contribution in [3.05, 3.63) is 63.9 Å². The van der Waals surface area contributed by atoms with Crippen molar-refractivity contribution >= 4 is 10.9 Å². The highest BCUT2D eigenvalue weighted by Gasteiger charge is 2.21. The largest absolute Gasteiger partial charge is 0.302 e. The van der Waals surface area contributed by atoms with Crippen molar-refractivity contribution < 1.29 is 0 Å². The summed E-state index contributed by atoms with van der Waals surface area (Å²) in [5.41, 5.74) is 4.83. The molecule has 3 heterocycles. The van der Waals surface area contributed by atoms with Crippen molar-refractivity contribution in [2.75, 3.05) is 0 Å². The first-order valence-electron chi connectivity index (χ1n) is 6.33. The molecule has 3 aromatic rings. The van der Waals surface area contributed by atoms with Gasteiger partial charge in [-0.25, -0.2) is 4.98 Å². The minimum Gasteiger partial charge on any atom is -0.302 e. The second kappa shape index (κ2) is 3.54. The molecule has 0 aliphatic carbocycles. The van der Waals surface area contributed by atoms with Crippen molar-refractivity contribution in [1.29, 1.82) is 0 Å². The number of benzene rings is 1. The highest BCUT2D eigenvalue weighted by Crippen LogP contribution is 2.31. The Hall–Kier alpha value is -2.42. The lowest BCUT2D eigenvalue weighted by Gasteiger charge is -2.03. The van der Waals surface area contributed by atoms with E-state index in [1.54, 1.807) is 0 Å². The average molecular weight is 248 g/mol. The molecule has 0 bridgehead atoms. The molecule has 0 saturated heterocycles. The van der Waals surface area contributed by atoms with Gasteiger partial charge in [0.05, 0.1) is 23.4 Å². The predicted molar refractivity (Wildman–Crippen MR) is 75.3 cm³/mol. The van der Waals surface area contributed by atoms with E-state index in [0.717, 1.165) is 33.4 Å². The van der Waals surface area contributed by atoms with E-state index in [2.05, 4.69) is 12.1 Å². The van der Waals surface area contributed by atoms with Gasteiger partial charge in [0.15, 0.2) is 0 Å². The second-order valence-corrected chi connectivity index (χ2v) is 4.98. The molecule has 3 heteroatoms. The first kappa shape index (κ1) is 10.5. The maximum Gasteiger partial charge on any atom is 0.254 e. The maximum atomic E-state index is 12.2. The first-order valence-corrected chi connectivity index (χ1v) is 6.33. The molecule has 0 amide bonds. The first-order chi connectivity index (χ1) is 9.24. The minimum atomic E-state index is 0.0829. The number of para-hydroxylation sites is 1. The summed E-state index contributed by atoms with van der Waals surface area (Å²) in [5.74, 6) is 0. The molecule has 0 saturated carbocycles. The maximum absolute atomic E-state index is 12.2. The van der Waals surface area contributed by atoms with Crippen LogP contribution in [0.5, 0.6) is 0 Å². The van der Waals surface area contributed by atoms with Crippen molar-refractivity contribution in [2.24, 2.45) is 0 Å². The number of pyridine rings is 2. The van der Waals surface area contributed by atoms with Gasteiger partial charge in [-0.2, -0.15) is 0 Å². The topological polar surface area (TPSA) is 34.9 Å². The van der Waals surface area contributed by atoms with Crippen molar-refractivity contribution in [3.63, 3.8) is 0 Å². The van der Waals surface area contributed by atoms with Crippen LogP contribution in [0.25, 0.3) is 22.3 Å². The van der Waals surface area contributed by atoms with E-state index in [9.17, 15) is 4.79 Å². The Balaban J connectivity index is 2.07. The van der Waals surface area contributed by atoms with Crippen LogP contribution in [-0.2, 0) is 6.54 Å². The number of hydrogen-bond acceptors (Lipinski definition) is 2. The zero-order valence-electron chi connectivity index (χ0n) is 10.6. The van der Waals surface area contributed by atoms with Gasteiger partial charge >= 0.3 is 0 Å². The van der Waals surface area contributed by atoms with Crippen LogP contribution in [0, 0.1) is 6.92 Å². The van der Waals surface area contributed by atoms with Gasteiger partial charge in [-0.1, -0.05) is 24.3 Å². The van der Waals surface area contributed by atoms with E-state index in [4.69, 9.17) is 4.98 Å². The molecule has 1 aromatic carbocycles. The normalized spacial score (nSPS) is 12.5. The van der Waals surface area contributed by atoms with Crippen molar-refractivity contribution in [2.45, 2.75) is 13.5 Å². The molecule has 2 aromatic heterocycles. The third kappa shape index (κ3) is 1.38. The lowest BCUT2D eigenvalue weighted by atomic mass is 10.1. The Kier molecular flexibility index (Phi) is 1.96. The van der Waals surface area contributed by atoms with E-state index in [1.165, 1.54) is 0 Å². The molecule has 0 spiro atoms. The van der Waals surface area contributed by atoms with Crippen LogP contribution in [0.3, 0.4) is 0 Å². The van der Waals surface area contributed by atoms with Gasteiger partial charge in [0.1, 0.15) is 0 Å². The molecule has 1 aliphatic rings. The van der Waals surface area contributed by atoms with E-state index < -0.39 is 0 Å². The number of hydrogen-bond donors (Lipinski definition) is 0. The molecule has 92 valence electrons. The van der Waals surface area contributed by atoms with Crippen LogP contribution >= 0.6 is 0 Å². The summed E-state index contributed by atoms with van der Waals surface area (Å²) >= 11 is 0. The fourth-order valence-corrected chi connectivity index (χ4v) is 2.72. The van der Waals surface area contributed by atoms with Gasteiger partial charge in [0.25, 0.3) is 5.56 Å². The highest BCUT2D eigenvalue weighted by molar-refractivity contribution is 5.83. The Labute approximate surface area is 110 Å². The summed E-state index contributed by atoms with van der Waals surface area (Å²) in [6.07, 6.45) is 0. The summed E-state index contributed by atoms with van der Waals surface area (Å²) in [4.78, 5) is 16.9. The van der Waals surface area contributed by atoms with E-state index in [1.807, 2.05) is 41.8 Å². The summed E-state index contributed by atoms with van der Waals surface area (Å²) < 4.78 is 1.81. The molecule has 19 heavy (non-hydrogen) atoms. The summed E-state index contributed by atoms with van der Waals surface area (Å²) in [7, 11) is 0. The van der Waals surface area contributed by atoms with E-state index >= 15 is 0 Å². The van der Waals surface area contributed by atoms with Crippen LogP contribution in [0.15, 0.2) is 47.3 Å². The lowest BCUT2D eigenvalue weighted by Crippen LogP contribution is -2.20. The molecule has 0 N–H and O–H groups in total. The van der Waals surface area contributed by atoms with Crippen LogP contribution in [0.1, 0.15) is 11.1 Å². The molecule has 4 rings (SSSR count). The zero-order chi connectivity index (χ0) is 13.0. The average Bonchev–Trinajstić information content (AvgIpc) is 2.79. The number of nitrogens with zero attached hydrogens (tertiary/aromatic N) is 2. The Morgan fingerprint density at radius 2 is 2.00 bits per heavy atom. The van der Waals surface area contributed by atoms with Crippen LogP contribution in [0.2, 0.25) is 0 Å². The number of fused-ring (bicyclic) bond motifs is 4. The SMILES string of the molecule is Cc1ccc2n(c1=O)Cc1cc3ccccc3nc1-2. The van der Waals surface area contributed by atoms with Crippen LogP contribution < -0.4 is 5.56 Å². The Morgan fingerprint density at radius 1 is 1.16 bits per heavy atom. The molecule has 0 radical (unpaired) electrons. The van der Waals surface area contributed by atoms with Crippen molar-refractivity contribution in [3.8, 4) is 11.4 Å². The minimum absolute atomic E-state index is 0.0829. The molecule has 1 aliphatic heterocycles. The van der Waals surface area contributed by atoms with Crippen LogP contribution in [0.4, 0.5) is 0 Å². The molecule has 0 fully saturated rings. The fourth-order valence-electron chi connectivity index (χ4n) is 2.72. The molecule has 3 nitrogen and oxygen atoms in total. The summed E-state index contributed by atoms with van der Waals surface area (Å²) in [6.45, 7) is 2.48. The van der Waals surface area contributed by atoms with Gasteiger partial charge < -0.3 is 4.57 Å². The number of aryl methyl sites for hydroxylation is 1. The Morgan fingerprint density at radius 3 is 2.89 bits per heavy atom. The molecular formula is C16H12N2O.